The molecule has 16 bridgehead atoms. The van der Waals surface area contributed by atoms with Gasteiger partial charge in [-0.2, -0.15) is 0 Å². The molecule has 10 heterocycles. The van der Waals surface area contributed by atoms with E-state index in [1.807, 2.05) is 78.0 Å². The van der Waals surface area contributed by atoms with Gasteiger partial charge in [-0.3, -0.25) is 33.9 Å². The number of nitrogens with one attached hydrogen (secondary N) is 3. The average molecular weight is 1290 g/mol. The highest BCUT2D eigenvalue weighted by Gasteiger charge is 2.53. The first-order chi connectivity index (χ1) is 45.7. The standard InChI is InChI=1S/C78H76N8O10/c1-15-46-35(3)53-32-57-65(42(10)87)40(8)71(82-57)49(69-36(4)47(25-27-63(91)95-13)73(85-69)51-29-59(89)67-38(6)54(80-75(51)67)31-56(46)79-53)23-21-44-17-19-45(20-18-44)22-24-50-70-37(5)48(26-28-64(92)96-14)74(86-70)52-30-60(90)68-39(7)55(81-76(52)68)33-62-78(94,16-2)77(12,93)61(84-62)34-58-66(43(11)88)41(9)72(50)83-58/h17-20,31-34,36-37,47-48,81,83,85,89,93-94H,15-16,25-30H2,1-14H3/t36-,37-,47-,48-,77+,78-/m0/s1. The van der Waals surface area contributed by atoms with Crippen LogP contribution in [0.2, 0.25) is 0 Å². The smallest absolute Gasteiger partial charge is 0.305 e. The van der Waals surface area contributed by atoms with E-state index in [-0.39, 0.29) is 96.2 Å². The Balaban J connectivity index is 0.993. The summed E-state index contributed by atoms with van der Waals surface area (Å²) in [5, 5.41) is 40.4. The number of benzene rings is 1. The molecule has 7 aliphatic heterocycles. The summed E-state index contributed by atoms with van der Waals surface area (Å²) in [5.74, 6) is 11.4. The molecular formula is C78H76N8O10. The number of aliphatic imine (C=N–C) groups is 3. The highest BCUT2D eigenvalue weighted by Crippen LogP contribution is 2.51. The number of fused-ring (bicyclic) bond motifs is 13. The number of carbonyl (C=O) groups excluding carboxylic acids is 5. The molecule has 488 valence electrons. The fourth-order valence-electron chi connectivity index (χ4n) is 15.7. The van der Waals surface area contributed by atoms with Crippen LogP contribution >= 0.6 is 0 Å². The molecule has 13 rings (SSSR count). The number of aromatic nitrogens is 4. The number of aliphatic hydroxyl groups is 3. The summed E-state index contributed by atoms with van der Waals surface area (Å²) in [7, 11) is 2.72. The zero-order valence-electron chi connectivity index (χ0n) is 56.5. The van der Waals surface area contributed by atoms with E-state index in [1.165, 1.54) is 35.0 Å². The first-order valence-corrected chi connectivity index (χ1v) is 32.8. The van der Waals surface area contributed by atoms with Crippen LogP contribution in [0.15, 0.2) is 142 Å². The number of Topliss-reactive ketones (excluding diaryl/α,β-unsaturated/α-hetero) is 3. The molecule has 0 amide bonds. The number of methoxy groups -OCH3 is 2. The minimum atomic E-state index is -1.93. The summed E-state index contributed by atoms with van der Waals surface area (Å²) >= 11 is 0. The number of nitrogens with zero attached hydrogens (tertiary/aromatic N) is 5. The molecule has 0 unspecified atom stereocenters. The Labute approximate surface area is 556 Å². The molecule has 0 spiro atoms. The summed E-state index contributed by atoms with van der Waals surface area (Å²) in [5.41, 5.74) is 15.2. The van der Waals surface area contributed by atoms with Gasteiger partial charge in [0.25, 0.3) is 0 Å². The molecule has 96 heavy (non-hydrogen) atoms. The predicted octanol–water partition coefficient (Wildman–Crippen LogP) is 12.6. The summed E-state index contributed by atoms with van der Waals surface area (Å²) in [6.07, 6.45) is 5.83. The Bertz CT molecular complexity index is 5010. The Hall–Kier alpha value is -10.1. The summed E-state index contributed by atoms with van der Waals surface area (Å²) in [6, 6.07) is 10.7. The number of ketones is 3. The second kappa shape index (κ2) is 23.9. The maximum absolute atomic E-state index is 14.3. The number of aliphatic hydroxyl groups excluding tert-OH is 1. The number of esters is 2. The van der Waals surface area contributed by atoms with Crippen LogP contribution in [0.3, 0.4) is 0 Å². The lowest BCUT2D eigenvalue weighted by atomic mass is 9.80. The number of H-pyrrole nitrogens is 2. The van der Waals surface area contributed by atoms with Crippen molar-refractivity contribution >= 4 is 68.5 Å². The Morgan fingerprint density at radius 1 is 0.698 bits per heavy atom. The van der Waals surface area contributed by atoms with Gasteiger partial charge in [0, 0.05) is 111 Å². The van der Waals surface area contributed by atoms with Crippen molar-refractivity contribution in [2.75, 3.05) is 14.2 Å². The SMILES string of the molecule is CCC1=C(C)C2=NC1=CC1=C(C)C3=C(O)CC(=C4NC(=C(C#Cc5ccc(C#Cc6c7nc(c8c9[nH]c(cc%10nc(cc%11[nH]c6c(C)c%11C(C)=O)[C@@](C)(O)[C@]%10(O)CC)c(C)c9C(=O)C8)[C@@H](CCC(=O)OC)[C@@H]7C)cc5)C5=NC(=C2)C(C(C)=O)=C5C)[C@@H](C)[C@@H]4CCC(=O)OC)C3=N1. The molecule has 1 saturated heterocycles. The Kier molecular flexibility index (Phi) is 16.1. The number of carbonyl (C=O) groups is 5. The van der Waals surface area contributed by atoms with Crippen LogP contribution in [-0.2, 0) is 41.5 Å². The third-order valence-corrected chi connectivity index (χ3v) is 21.2. The molecule has 2 aliphatic carbocycles. The fraction of sp³-hybridized carbons (Fsp3) is 0.359. The van der Waals surface area contributed by atoms with Crippen LogP contribution < -0.4 is 5.32 Å². The second-order valence-corrected chi connectivity index (χ2v) is 26.6. The lowest BCUT2D eigenvalue weighted by Gasteiger charge is -2.34. The molecule has 18 nitrogen and oxygen atoms in total. The summed E-state index contributed by atoms with van der Waals surface area (Å²) in [4.78, 5) is 101. The minimum Gasteiger partial charge on any atom is -0.511 e. The van der Waals surface area contributed by atoms with Gasteiger partial charge in [0.15, 0.2) is 17.3 Å². The largest absolute Gasteiger partial charge is 0.511 e. The van der Waals surface area contributed by atoms with Crippen molar-refractivity contribution in [3.63, 3.8) is 0 Å². The molecule has 0 radical (unpaired) electrons. The van der Waals surface area contributed by atoms with E-state index in [1.54, 1.807) is 19.1 Å². The van der Waals surface area contributed by atoms with Crippen LogP contribution in [0.1, 0.15) is 203 Å². The molecule has 0 saturated carbocycles. The normalized spacial score (nSPS) is 23.0. The number of ether oxygens (including phenoxy) is 2. The zero-order chi connectivity index (χ0) is 68.5. The van der Waals surface area contributed by atoms with E-state index < -0.39 is 17.2 Å². The molecule has 1 fully saturated rings. The van der Waals surface area contributed by atoms with Gasteiger partial charge in [0.2, 0.25) is 0 Å². The Morgan fingerprint density at radius 3 is 2.00 bits per heavy atom. The van der Waals surface area contributed by atoms with Crippen molar-refractivity contribution in [3.05, 3.63) is 195 Å². The molecule has 6 N–H and O–H groups in total. The quantitative estimate of drug-likeness (QED) is 0.0490. The van der Waals surface area contributed by atoms with E-state index in [0.717, 1.165) is 39.4 Å². The highest BCUT2D eigenvalue weighted by atomic mass is 16.5. The second-order valence-electron chi connectivity index (χ2n) is 26.6. The van der Waals surface area contributed by atoms with Crippen LogP contribution in [0.25, 0.3) is 22.1 Å². The highest BCUT2D eigenvalue weighted by molar-refractivity contribution is 6.25. The number of rotatable bonds is 10. The average Bonchev–Trinajstić information content (AvgIpc) is 1.57. The molecule has 1 aromatic carbocycles. The zero-order valence-corrected chi connectivity index (χ0v) is 56.5. The number of allylic oxidation sites excluding steroid dienone is 12. The summed E-state index contributed by atoms with van der Waals surface area (Å²) in [6.45, 7) is 22.0. The van der Waals surface area contributed by atoms with E-state index in [2.05, 4.69) is 52.8 Å². The maximum atomic E-state index is 14.3. The van der Waals surface area contributed by atoms with Gasteiger partial charge in [0.05, 0.1) is 98.9 Å². The van der Waals surface area contributed by atoms with Crippen LogP contribution in [-0.4, -0.2) is 95.9 Å². The lowest BCUT2D eigenvalue weighted by Crippen LogP contribution is -2.43. The monoisotopic (exact) mass is 1280 g/mol. The third kappa shape index (κ3) is 10.2. The number of hydrogen-bond acceptors (Lipinski definition) is 16. The summed E-state index contributed by atoms with van der Waals surface area (Å²) < 4.78 is 10.3. The maximum Gasteiger partial charge on any atom is 0.305 e. The molecule has 18 heteroatoms. The van der Waals surface area contributed by atoms with Crippen LogP contribution in [0.5, 0.6) is 0 Å². The van der Waals surface area contributed by atoms with Gasteiger partial charge in [-0.15, -0.1) is 0 Å². The first-order valence-electron chi connectivity index (χ1n) is 32.8. The van der Waals surface area contributed by atoms with Crippen molar-refractivity contribution in [2.45, 2.75) is 157 Å². The topological polar surface area (TPSA) is 271 Å². The molecule has 4 aromatic rings. The van der Waals surface area contributed by atoms with E-state index in [0.29, 0.717) is 148 Å². The van der Waals surface area contributed by atoms with E-state index in [4.69, 9.17) is 34.4 Å². The molecule has 6 atom stereocenters. The number of hydrogen-bond donors (Lipinski definition) is 6. The van der Waals surface area contributed by atoms with Crippen molar-refractivity contribution in [1.82, 2.24) is 25.3 Å². The third-order valence-electron chi connectivity index (χ3n) is 21.2. The fourth-order valence-corrected chi connectivity index (χ4v) is 15.7. The van der Waals surface area contributed by atoms with E-state index in [9.17, 15) is 39.3 Å². The van der Waals surface area contributed by atoms with Crippen LogP contribution in [0, 0.1) is 49.4 Å². The number of aryl methyl sites for hydroxylation is 2. The van der Waals surface area contributed by atoms with Gasteiger partial charge in [0.1, 0.15) is 17.0 Å². The minimum absolute atomic E-state index is 0.0466. The van der Waals surface area contributed by atoms with Gasteiger partial charge in [-0.25, -0.2) is 15.0 Å². The van der Waals surface area contributed by atoms with Crippen molar-refractivity contribution < 1.29 is 48.8 Å². The van der Waals surface area contributed by atoms with Gasteiger partial charge in [-0.05, 0) is 163 Å². The van der Waals surface area contributed by atoms with Gasteiger partial charge < -0.3 is 40.1 Å². The van der Waals surface area contributed by atoms with Crippen molar-refractivity contribution in [1.29, 1.82) is 0 Å². The van der Waals surface area contributed by atoms with Crippen molar-refractivity contribution in [3.8, 4) is 23.7 Å². The molecular weight excluding hydrogens is 1210 g/mol. The first kappa shape index (κ1) is 64.6. The molecule has 9 aliphatic rings. The van der Waals surface area contributed by atoms with Crippen LogP contribution in [0.4, 0.5) is 0 Å². The van der Waals surface area contributed by atoms with Gasteiger partial charge in [-0.1, -0.05) is 51.4 Å². The lowest BCUT2D eigenvalue weighted by molar-refractivity contribution is -0.148. The van der Waals surface area contributed by atoms with Crippen molar-refractivity contribution in [2.24, 2.45) is 26.8 Å². The Morgan fingerprint density at radius 2 is 1.35 bits per heavy atom. The van der Waals surface area contributed by atoms with Gasteiger partial charge >= 0.3 is 11.9 Å². The molecule has 3 aromatic heterocycles. The predicted molar refractivity (Wildman–Crippen MR) is 367 cm³/mol. The number of aromatic amines is 2. The van der Waals surface area contributed by atoms with E-state index >= 15 is 0 Å².